The molecule has 0 radical (unpaired) electrons. The number of carbonyl (C=O) groups excluding carboxylic acids is 2. The predicted molar refractivity (Wildman–Crippen MR) is 104 cm³/mol. The van der Waals surface area contributed by atoms with Gasteiger partial charge in [0, 0.05) is 11.1 Å². The Kier molecular flexibility index (Phi) is 4.12. The van der Waals surface area contributed by atoms with Crippen LogP contribution in [-0.2, 0) is 0 Å². The van der Waals surface area contributed by atoms with Gasteiger partial charge in [-0.2, -0.15) is 0 Å². The molecule has 0 saturated carbocycles. The number of pyridine rings is 1. The summed E-state index contributed by atoms with van der Waals surface area (Å²) in [6.07, 6.45) is 0. The summed E-state index contributed by atoms with van der Waals surface area (Å²) in [6, 6.07) is 8.69. The molecule has 4 rings (SSSR count). The molecule has 1 aliphatic carbocycles. The maximum atomic E-state index is 12.9. The van der Waals surface area contributed by atoms with Gasteiger partial charge in [0.15, 0.2) is 11.6 Å². The Labute approximate surface area is 167 Å². The van der Waals surface area contributed by atoms with Crippen molar-refractivity contribution in [3.05, 3.63) is 67.2 Å². The van der Waals surface area contributed by atoms with Gasteiger partial charge >= 0.3 is 0 Å². The molecule has 0 unspecified atom stereocenters. The molecule has 1 aromatic heterocycles. The highest BCUT2D eigenvalue weighted by molar-refractivity contribution is 6.55. The second-order valence-electron chi connectivity index (χ2n) is 5.82. The molecule has 1 heterocycles. The van der Waals surface area contributed by atoms with Crippen LogP contribution in [0.3, 0.4) is 0 Å². The minimum Gasteiger partial charge on any atom is -0.398 e. The Morgan fingerprint density at radius 1 is 0.846 bits per heavy atom. The molecule has 3 aromatic rings. The fourth-order valence-electron chi connectivity index (χ4n) is 3.14. The molecule has 0 atom stereocenters. The quantitative estimate of drug-likeness (QED) is 0.313. The Balaban J connectivity index is 1.96. The highest BCUT2D eigenvalue weighted by atomic mass is 35.5. The van der Waals surface area contributed by atoms with E-state index in [1.54, 1.807) is 12.1 Å². The van der Waals surface area contributed by atoms with Crippen LogP contribution in [-0.4, -0.2) is 16.6 Å². The summed E-state index contributed by atoms with van der Waals surface area (Å²) in [7, 11) is 0. The molecule has 0 bridgehead atoms. The van der Waals surface area contributed by atoms with Gasteiger partial charge in [-0.1, -0.05) is 64.6 Å². The highest BCUT2D eigenvalue weighted by Gasteiger charge is 2.45. The third kappa shape index (κ3) is 2.33. The lowest BCUT2D eigenvalue weighted by atomic mass is 9.97. The van der Waals surface area contributed by atoms with Gasteiger partial charge in [0.2, 0.25) is 0 Å². The predicted octanol–water partition coefficient (Wildman–Crippen LogP) is 5.59. The summed E-state index contributed by atoms with van der Waals surface area (Å²) in [4.78, 5) is 30.3. The topological polar surface area (TPSA) is 73.1 Å². The van der Waals surface area contributed by atoms with Crippen molar-refractivity contribution in [3.63, 3.8) is 0 Å². The summed E-state index contributed by atoms with van der Waals surface area (Å²) < 4.78 is 0. The molecule has 0 amide bonds. The zero-order valence-electron chi connectivity index (χ0n) is 12.8. The maximum absolute atomic E-state index is 12.9. The van der Waals surface area contributed by atoms with E-state index in [0.29, 0.717) is 11.2 Å². The summed E-state index contributed by atoms with van der Waals surface area (Å²) >= 11 is 24.4. The second kappa shape index (κ2) is 6.10. The van der Waals surface area contributed by atoms with Crippen LogP contribution in [0.25, 0.3) is 10.9 Å². The average molecular weight is 426 g/mol. The zero-order chi connectivity index (χ0) is 18.7. The number of aromatic nitrogens is 1. The Bertz CT molecular complexity index is 1100. The first-order valence-electron chi connectivity index (χ1n) is 7.42. The first-order valence-corrected chi connectivity index (χ1v) is 8.93. The summed E-state index contributed by atoms with van der Waals surface area (Å²) in [5.74, 6) is -2.25. The van der Waals surface area contributed by atoms with E-state index in [2.05, 4.69) is 4.98 Å². The van der Waals surface area contributed by atoms with Crippen LogP contribution in [0, 0.1) is 0 Å². The van der Waals surface area contributed by atoms with E-state index >= 15 is 0 Å². The minimum atomic E-state index is -1.19. The molecule has 26 heavy (non-hydrogen) atoms. The van der Waals surface area contributed by atoms with Gasteiger partial charge in [-0.25, -0.2) is 0 Å². The summed E-state index contributed by atoms with van der Waals surface area (Å²) in [5.41, 5.74) is 7.22. The molecule has 4 nitrogen and oxygen atoms in total. The molecule has 130 valence electrons. The molecule has 0 aliphatic heterocycles. The van der Waals surface area contributed by atoms with Gasteiger partial charge < -0.3 is 5.73 Å². The monoisotopic (exact) mass is 424 g/mol. The lowest BCUT2D eigenvalue weighted by Gasteiger charge is -2.10. The van der Waals surface area contributed by atoms with Gasteiger partial charge in [-0.05, 0) is 12.1 Å². The minimum absolute atomic E-state index is 0.0328. The van der Waals surface area contributed by atoms with Crippen LogP contribution < -0.4 is 5.73 Å². The number of ketones is 2. The molecule has 2 aromatic carbocycles. The van der Waals surface area contributed by atoms with E-state index in [9.17, 15) is 9.59 Å². The standard InChI is InChI=1S/C18H8Cl4N2O2/c19-13-11-12(14(20)16(22)15(13)21)18(26)10(17(11)25)9-5-7(23)6-3-1-2-4-8(6)24-9/h1-5,10H,(H2,23,24). The third-order valence-corrected chi connectivity index (χ3v) is 6.15. The molecule has 1 aliphatic rings. The number of hydrogen-bond donors (Lipinski definition) is 1. The largest absolute Gasteiger partial charge is 0.398 e. The Morgan fingerprint density at radius 3 is 1.96 bits per heavy atom. The molecule has 0 spiro atoms. The smallest absolute Gasteiger partial charge is 0.182 e. The Hall–Kier alpha value is -1.85. The molecule has 8 heteroatoms. The normalized spacial score (nSPS) is 14.3. The van der Waals surface area contributed by atoms with E-state index in [1.807, 2.05) is 12.1 Å². The molecule has 0 fully saturated rings. The first kappa shape index (κ1) is 17.6. The molecular formula is C18H8Cl4N2O2. The number of benzene rings is 2. The number of carbonyl (C=O) groups is 2. The number of para-hydroxylation sites is 1. The summed E-state index contributed by atoms with van der Waals surface area (Å²) in [6.45, 7) is 0. The average Bonchev–Trinajstić information content (AvgIpc) is 2.88. The number of nitrogens with two attached hydrogens (primary N) is 1. The van der Waals surface area contributed by atoms with E-state index < -0.39 is 17.5 Å². The van der Waals surface area contributed by atoms with Crippen molar-refractivity contribution in [1.29, 1.82) is 0 Å². The molecule has 0 saturated heterocycles. The second-order valence-corrected chi connectivity index (χ2v) is 7.33. The number of fused-ring (bicyclic) bond motifs is 2. The van der Waals surface area contributed by atoms with E-state index in [0.717, 1.165) is 5.39 Å². The Morgan fingerprint density at radius 2 is 1.38 bits per heavy atom. The third-order valence-electron chi connectivity index (χ3n) is 4.35. The van der Waals surface area contributed by atoms with Crippen molar-refractivity contribution in [2.75, 3.05) is 5.73 Å². The van der Waals surface area contributed by atoms with Crippen molar-refractivity contribution in [2.24, 2.45) is 0 Å². The van der Waals surface area contributed by atoms with Crippen LogP contribution in [0.15, 0.2) is 30.3 Å². The zero-order valence-corrected chi connectivity index (χ0v) is 15.8. The fraction of sp³-hybridized carbons (Fsp3) is 0.0556. The first-order chi connectivity index (χ1) is 12.3. The molecule has 2 N–H and O–H groups in total. The number of anilines is 1. The lowest BCUT2D eigenvalue weighted by Crippen LogP contribution is -2.15. The van der Waals surface area contributed by atoms with Crippen molar-refractivity contribution in [2.45, 2.75) is 5.92 Å². The van der Waals surface area contributed by atoms with Crippen molar-refractivity contribution in [1.82, 2.24) is 4.98 Å². The van der Waals surface area contributed by atoms with E-state index in [-0.39, 0.29) is 36.9 Å². The number of rotatable bonds is 1. The lowest BCUT2D eigenvalue weighted by molar-refractivity contribution is 0.0888. The number of Topliss-reactive ketones (excluding diaryl/α,β-unsaturated/α-hetero) is 2. The molecular weight excluding hydrogens is 418 g/mol. The maximum Gasteiger partial charge on any atom is 0.182 e. The van der Waals surface area contributed by atoms with E-state index in [1.165, 1.54) is 6.07 Å². The van der Waals surface area contributed by atoms with Crippen LogP contribution in [0.1, 0.15) is 32.3 Å². The van der Waals surface area contributed by atoms with Crippen LogP contribution in [0.4, 0.5) is 5.69 Å². The van der Waals surface area contributed by atoms with Crippen LogP contribution in [0.2, 0.25) is 20.1 Å². The van der Waals surface area contributed by atoms with Gasteiger partial charge in [0.1, 0.15) is 5.92 Å². The fourth-order valence-corrected chi connectivity index (χ4v) is 4.18. The number of hydrogen-bond acceptors (Lipinski definition) is 4. The highest BCUT2D eigenvalue weighted by Crippen LogP contribution is 2.48. The van der Waals surface area contributed by atoms with Gasteiger partial charge in [0.05, 0.1) is 42.4 Å². The number of nitrogens with zero attached hydrogens (tertiary/aromatic N) is 1. The van der Waals surface area contributed by atoms with Crippen molar-refractivity contribution in [3.8, 4) is 0 Å². The number of halogens is 4. The number of nitrogen functional groups attached to an aromatic ring is 1. The van der Waals surface area contributed by atoms with Crippen LogP contribution >= 0.6 is 46.4 Å². The SMILES string of the molecule is Nc1cc(C2C(=O)c3c(Cl)c(Cl)c(Cl)c(Cl)c3C2=O)nc2ccccc12. The van der Waals surface area contributed by atoms with Gasteiger partial charge in [0.25, 0.3) is 0 Å². The summed E-state index contributed by atoms with van der Waals surface area (Å²) in [5, 5.41) is 0.417. The van der Waals surface area contributed by atoms with Crippen LogP contribution in [0.5, 0.6) is 0 Å². The van der Waals surface area contributed by atoms with Gasteiger partial charge in [-0.3, -0.25) is 14.6 Å². The van der Waals surface area contributed by atoms with Crippen molar-refractivity contribution >= 4 is 74.6 Å². The van der Waals surface area contributed by atoms with Gasteiger partial charge in [-0.15, -0.1) is 0 Å². The van der Waals surface area contributed by atoms with Crippen molar-refractivity contribution < 1.29 is 9.59 Å². The van der Waals surface area contributed by atoms with E-state index in [4.69, 9.17) is 52.1 Å².